The third-order valence-corrected chi connectivity index (χ3v) is 5.45. The molecule has 4 heterocycles. The van der Waals surface area contributed by atoms with E-state index in [1.54, 1.807) is 17.5 Å². The van der Waals surface area contributed by atoms with Gasteiger partial charge in [-0.15, -0.1) is 11.3 Å². The Kier molecular flexibility index (Phi) is 4.83. The van der Waals surface area contributed by atoms with Crippen LogP contribution in [-0.4, -0.2) is 51.7 Å². The van der Waals surface area contributed by atoms with E-state index < -0.39 is 0 Å². The first kappa shape index (κ1) is 17.0. The number of anilines is 2. The summed E-state index contributed by atoms with van der Waals surface area (Å²) in [5, 5.41) is 2.10. The maximum Gasteiger partial charge on any atom is 0.149 e. The summed E-state index contributed by atoms with van der Waals surface area (Å²) in [6.07, 6.45) is 9.76. The van der Waals surface area contributed by atoms with Crippen LogP contribution in [-0.2, 0) is 6.54 Å². The van der Waals surface area contributed by atoms with Gasteiger partial charge in [0.15, 0.2) is 0 Å². The van der Waals surface area contributed by atoms with Crippen molar-refractivity contribution in [3.63, 3.8) is 0 Å². The SMILES string of the molecule is CN(C)c1cncc(N2CCC(c3nccn3Cc3cscn3)CC2)n1. The van der Waals surface area contributed by atoms with Crippen molar-refractivity contribution in [1.29, 1.82) is 0 Å². The van der Waals surface area contributed by atoms with Gasteiger partial charge in [0.25, 0.3) is 0 Å². The lowest BCUT2D eigenvalue weighted by Gasteiger charge is -2.32. The molecule has 3 aromatic rings. The normalized spacial score (nSPS) is 15.4. The monoisotopic (exact) mass is 369 g/mol. The highest BCUT2D eigenvalue weighted by Gasteiger charge is 2.25. The summed E-state index contributed by atoms with van der Waals surface area (Å²) in [6, 6.07) is 0. The maximum atomic E-state index is 4.71. The van der Waals surface area contributed by atoms with E-state index >= 15 is 0 Å². The molecule has 0 aliphatic carbocycles. The Hall–Kier alpha value is -2.48. The quantitative estimate of drug-likeness (QED) is 0.689. The highest BCUT2D eigenvalue weighted by Crippen LogP contribution is 2.29. The topological polar surface area (TPSA) is 63.0 Å². The fraction of sp³-hybridized carbons (Fsp3) is 0.444. The van der Waals surface area contributed by atoms with Crippen LogP contribution in [0.2, 0.25) is 0 Å². The number of imidazole rings is 1. The first-order valence-corrected chi connectivity index (χ1v) is 9.77. The van der Waals surface area contributed by atoms with Gasteiger partial charge in [-0.1, -0.05) is 0 Å². The highest BCUT2D eigenvalue weighted by molar-refractivity contribution is 7.07. The second kappa shape index (κ2) is 7.41. The van der Waals surface area contributed by atoms with Crippen molar-refractivity contribution in [2.24, 2.45) is 0 Å². The second-order valence-electron chi connectivity index (χ2n) is 6.78. The molecule has 136 valence electrons. The van der Waals surface area contributed by atoms with Gasteiger partial charge >= 0.3 is 0 Å². The Morgan fingerprint density at radius 1 is 1.19 bits per heavy atom. The lowest BCUT2D eigenvalue weighted by molar-refractivity contribution is 0.467. The van der Waals surface area contributed by atoms with Crippen LogP contribution in [0.3, 0.4) is 0 Å². The first-order chi connectivity index (χ1) is 12.7. The molecule has 0 atom stereocenters. The average molecular weight is 369 g/mol. The van der Waals surface area contributed by atoms with Crippen LogP contribution in [0.4, 0.5) is 11.6 Å². The number of rotatable bonds is 5. The number of hydrogen-bond donors (Lipinski definition) is 0. The molecule has 4 rings (SSSR count). The van der Waals surface area contributed by atoms with E-state index in [2.05, 4.69) is 36.0 Å². The Labute approximate surface area is 157 Å². The third-order valence-electron chi connectivity index (χ3n) is 4.81. The van der Waals surface area contributed by atoms with Crippen LogP contribution >= 0.6 is 11.3 Å². The van der Waals surface area contributed by atoms with E-state index in [0.29, 0.717) is 5.92 Å². The van der Waals surface area contributed by atoms with Crippen LogP contribution in [0.25, 0.3) is 0 Å². The fourth-order valence-electron chi connectivity index (χ4n) is 3.38. The van der Waals surface area contributed by atoms with Gasteiger partial charge in [-0.25, -0.2) is 15.0 Å². The molecule has 3 aromatic heterocycles. The second-order valence-corrected chi connectivity index (χ2v) is 7.50. The van der Waals surface area contributed by atoms with E-state index in [9.17, 15) is 0 Å². The predicted molar refractivity (Wildman–Crippen MR) is 104 cm³/mol. The maximum absolute atomic E-state index is 4.71. The van der Waals surface area contributed by atoms with Gasteiger partial charge in [-0.3, -0.25) is 4.98 Å². The molecule has 0 aromatic carbocycles. The molecule has 0 bridgehead atoms. The van der Waals surface area contributed by atoms with Crippen LogP contribution in [0.5, 0.6) is 0 Å². The zero-order chi connectivity index (χ0) is 17.9. The smallest absolute Gasteiger partial charge is 0.149 e. The molecular weight excluding hydrogens is 346 g/mol. The third kappa shape index (κ3) is 3.55. The minimum atomic E-state index is 0.477. The zero-order valence-electron chi connectivity index (χ0n) is 15.1. The molecule has 7 nitrogen and oxygen atoms in total. The van der Waals surface area contributed by atoms with Crippen molar-refractivity contribution in [3.05, 3.63) is 47.2 Å². The summed E-state index contributed by atoms with van der Waals surface area (Å²) in [6.45, 7) is 2.75. The van der Waals surface area contributed by atoms with Crippen LogP contribution in [0.15, 0.2) is 35.7 Å². The molecule has 0 unspecified atom stereocenters. The van der Waals surface area contributed by atoms with Crippen molar-refractivity contribution in [1.82, 2.24) is 24.5 Å². The summed E-state index contributed by atoms with van der Waals surface area (Å²) in [5.41, 5.74) is 2.98. The van der Waals surface area contributed by atoms with E-state index in [-0.39, 0.29) is 0 Å². The molecule has 1 aliphatic rings. The van der Waals surface area contributed by atoms with Gasteiger partial charge in [0.2, 0.25) is 0 Å². The molecule has 0 radical (unpaired) electrons. The highest BCUT2D eigenvalue weighted by atomic mass is 32.1. The van der Waals surface area contributed by atoms with Crippen molar-refractivity contribution in [2.45, 2.75) is 25.3 Å². The lowest BCUT2D eigenvalue weighted by atomic mass is 9.96. The van der Waals surface area contributed by atoms with Crippen LogP contribution in [0.1, 0.15) is 30.3 Å². The minimum absolute atomic E-state index is 0.477. The molecule has 1 aliphatic heterocycles. The lowest BCUT2D eigenvalue weighted by Crippen LogP contribution is -2.34. The van der Waals surface area contributed by atoms with Crippen molar-refractivity contribution < 1.29 is 0 Å². The fourth-order valence-corrected chi connectivity index (χ4v) is 3.93. The average Bonchev–Trinajstić information content (AvgIpc) is 3.34. The Balaban J connectivity index is 1.43. The van der Waals surface area contributed by atoms with Crippen LogP contribution in [0, 0.1) is 0 Å². The van der Waals surface area contributed by atoms with Crippen molar-refractivity contribution >= 4 is 23.0 Å². The van der Waals surface area contributed by atoms with E-state index in [0.717, 1.165) is 49.8 Å². The van der Waals surface area contributed by atoms with E-state index in [4.69, 9.17) is 4.98 Å². The molecule has 0 N–H and O–H groups in total. The van der Waals surface area contributed by atoms with Crippen LogP contribution < -0.4 is 9.80 Å². The Bertz CT molecular complexity index is 835. The first-order valence-electron chi connectivity index (χ1n) is 8.83. The van der Waals surface area contributed by atoms with Gasteiger partial charge in [-0.2, -0.15) is 0 Å². The summed E-state index contributed by atoms with van der Waals surface area (Å²) in [4.78, 5) is 22.4. The molecular formula is C18H23N7S. The van der Waals surface area contributed by atoms with E-state index in [1.807, 2.05) is 36.9 Å². The van der Waals surface area contributed by atoms with Crippen molar-refractivity contribution in [3.8, 4) is 0 Å². The number of nitrogens with zero attached hydrogens (tertiary/aromatic N) is 7. The zero-order valence-corrected chi connectivity index (χ0v) is 15.9. The number of thiazole rings is 1. The molecule has 8 heteroatoms. The molecule has 0 amide bonds. The minimum Gasteiger partial charge on any atom is -0.361 e. The number of piperidine rings is 1. The number of hydrogen-bond acceptors (Lipinski definition) is 7. The molecule has 1 saturated heterocycles. The van der Waals surface area contributed by atoms with Crippen molar-refractivity contribution in [2.75, 3.05) is 37.0 Å². The standard InChI is InChI=1S/C18H23N7S/c1-23(2)16-9-19-10-17(22-16)24-6-3-14(4-7-24)18-20-5-8-25(18)11-15-12-26-13-21-15/h5,8-10,12-14H,3-4,6-7,11H2,1-2H3. The summed E-state index contributed by atoms with van der Waals surface area (Å²) >= 11 is 1.64. The Morgan fingerprint density at radius 2 is 2.04 bits per heavy atom. The summed E-state index contributed by atoms with van der Waals surface area (Å²) < 4.78 is 2.24. The molecule has 1 fully saturated rings. The largest absolute Gasteiger partial charge is 0.361 e. The van der Waals surface area contributed by atoms with Gasteiger partial charge in [-0.05, 0) is 12.8 Å². The van der Waals surface area contributed by atoms with E-state index in [1.165, 1.54) is 5.82 Å². The Morgan fingerprint density at radius 3 is 2.77 bits per heavy atom. The van der Waals surface area contributed by atoms with Gasteiger partial charge < -0.3 is 14.4 Å². The summed E-state index contributed by atoms with van der Waals surface area (Å²) in [7, 11) is 3.98. The van der Waals surface area contributed by atoms with Gasteiger partial charge in [0.1, 0.15) is 17.5 Å². The predicted octanol–water partition coefficient (Wildman–Crippen LogP) is 2.63. The summed E-state index contributed by atoms with van der Waals surface area (Å²) in [5.74, 6) is 3.50. The molecule has 0 spiro atoms. The molecule has 0 saturated carbocycles. The number of aromatic nitrogens is 5. The molecule has 26 heavy (non-hydrogen) atoms. The van der Waals surface area contributed by atoms with Gasteiger partial charge in [0.05, 0.1) is 30.1 Å². The van der Waals surface area contributed by atoms with Gasteiger partial charge in [0, 0.05) is 50.9 Å².